The number of hydrogen-bond donors (Lipinski definition) is 1. The van der Waals surface area contributed by atoms with Gasteiger partial charge >= 0.3 is 0 Å². The topological polar surface area (TPSA) is 54.2 Å². The average Bonchev–Trinajstić information content (AvgIpc) is 2.83. The Bertz CT molecular complexity index is 663. The molecule has 4 rings (SSSR count). The van der Waals surface area contributed by atoms with Crippen molar-refractivity contribution >= 4 is 17.5 Å². The van der Waals surface area contributed by atoms with Gasteiger partial charge < -0.3 is 9.84 Å². The van der Waals surface area contributed by atoms with Gasteiger partial charge in [-0.25, -0.2) is 0 Å². The maximum atomic E-state index is 10.2. The zero-order chi connectivity index (χ0) is 12.1. The van der Waals surface area contributed by atoms with Crippen LogP contribution in [0.1, 0.15) is 24.8 Å². The van der Waals surface area contributed by atoms with Gasteiger partial charge in [0.05, 0.1) is 30.7 Å². The van der Waals surface area contributed by atoms with E-state index in [1.54, 1.807) is 6.20 Å². The molecule has 1 aromatic rings. The highest BCUT2D eigenvalue weighted by Crippen LogP contribution is 2.30. The van der Waals surface area contributed by atoms with E-state index in [0.29, 0.717) is 6.61 Å². The first-order valence-electron chi connectivity index (χ1n) is 6.41. The van der Waals surface area contributed by atoms with E-state index in [1.807, 2.05) is 0 Å². The first kappa shape index (κ1) is 10.4. The molecule has 4 heteroatoms. The summed E-state index contributed by atoms with van der Waals surface area (Å²) >= 11 is 0. The molecular weight excluding hydrogens is 228 g/mol. The molecule has 1 aromatic carbocycles. The van der Waals surface area contributed by atoms with Crippen molar-refractivity contribution in [1.29, 1.82) is 0 Å². The minimum absolute atomic E-state index is 0.0848. The van der Waals surface area contributed by atoms with Gasteiger partial charge in [-0.05, 0) is 47.8 Å². The Labute approximate surface area is 104 Å². The van der Waals surface area contributed by atoms with Crippen LogP contribution in [-0.4, -0.2) is 17.3 Å². The minimum atomic E-state index is -0.372. The van der Waals surface area contributed by atoms with E-state index in [4.69, 9.17) is 4.74 Å². The lowest BCUT2D eigenvalue weighted by Gasteiger charge is -2.33. The average molecular weight is 242 g/mol. The fraction of sp³-hybridized carbons (Fsp3) is 0.429. The summed E-state index contributed by atoms with van der Waals surface area (Å²) in [5, 5.41) is 20.4. The number of azo groups is 1. The summed E-state index contributed by atoms with van der Waals surface area (Å²) in [6, 6.07) is 4.13. The molecule has 4 nitrogen and oxygen atoms in total. The summed E-state index contributed by atoms with van der Waals surface area (Å²) in [5.74, 6) is 0. The van der Waals surface area contributed by atoms with Gasteiger partial charge in [0.2, 0.25) is 0 Å². The molecule has 0 saturated heterocycles. The molecule has 0 bridgehead atoms. The fourth-order valence-corrected chi connectivity index (χ4v) is 3.12. The number of hydrogen-bond acceptors (Lipinski definition) is 4. The summed E-state index contributed by atoms with van der Waals surface area (Å²) in [5.41, 5.74) is 3.09. The second kappa shape index (κ2) is 3.73. The SMILES string of the molecule is OC1CCCC2OCc3cc4c(cc3=C12)N=NC=4. The molecule has 0 radical (unpaired) electrons. The van der Waals surface area contributed by atoms with Gasteiger partial charge in [0.1, 0.15) is 0 Å². The maximum Gasteiger partial charge on any atom is 0.0951 e. The first-order chi connectivity index (χ1) is 8.83. The van der Waals surface area contributed by atoms with Crippen molar-refractivity contribution in [2.45, 2.75) is 38.1 Å². The number of fused-ring (bicyclic) bond motifs is 3. The smallest absolute Gasteiger partial charge is 0.0951 e. The van der Waals surface area contributed by atoms with Crippen LogP contribution in [0.15, 0.2) is 22.4 Å². The highest BCUT2D eigenvalue weighted by atomic mass is 16.5. The lowest BCUT2D eigenvalue weighted by Crippen LogP contribution is -2.39. The molecule has 0 spiro atoms. The van der Waals surface area contributed by atoms with E-state index in [1.165, 1.54) is 0 Å². The van der Waals surface area contributed by atoms with Gasteiger partial charge in [-0.1, -0.05) is 0 Å². The molecule has 18 heavy (non-hydrogen) atoms. The van der Waals surface area contributed by atoms with Crippen LogP contribution >= 0.6 is 0 Å². The van der Waals surface area contributed by atoms with Crippen molar-refractivity contribution in [3.8, 4) is 0 Å². The maximum absolute atomic E-state index is 10.2. The molecule has 2 unspecified atom stereocenters. The lowest BCUT2D eigenvalue weighted by atomic mass is 9.85. The molecule has 92 valence electrons. The Balaban J connectivity index is 2.03. The van der Waals surface area contributed by atoms with Gasteiger partial charge in [0, 0.05) is 5.22 Å². The Kier molecular flexibility index (Phi) is 2.16. The third-order valence-electron chi connectivity index (χ3n) is 4.02. The second-order valence-corrected chi connectivity index (χ2v) is 5.11. The van der Waals surface area contributed by atoms with Crippen molar-refractivity contribution in [1.82, 2.24) is 0 Å². The fourth-order valence-electron chi connectivity index (χ4n) is 3.12. The molecule has 1 aliphatic carbocycles. The molecular formula is C14H14N2O2. The van der Waals surface area contributed by atoms with Crippen LogP contribution in [0.25, 0.3) is 11.8 Å². The van der Waals surface area contributed by atoms with Crippen LogP contribution in [0.3, 0.4) is 0 Å². The molecule has 1 N–H and O–H groups in total. The molecule has 2 aliphatic heterocycles. The molecule has 1 fully saturated rings. The molecule has 3 aliphatic rings. The van der Waals surface area contributed by atoms with E-state index in [-0.39, 0.29) is 12.2 Å². The van der Waals surface area contributed by atoms with Gasteiger partial charge in [0.15, 0.2) is 0 Å². The Morgan fingerprint density at radius 1 is 1.28 bits per heavy atom. The third kappa shape index (κ3) is 1.39. The molecule has 0 aromatic heterocycles. The largest absolute Gasteiger partial charge is 0.389 e. The van der Waals surface area contributed by atoms with Crippen LogP contribution < -0.4 is 10.4 Å². The monoisotopic (exact) mass is 242 g/mol. The van der Waals surface area contributed by atoms with Crippen LogP contribution in [0, 0.1) is 0 Å². The summed E-state index contributed by atoms with van der Waals surface area (Å²) in [4.78, 5) is 0. The second-order valence-electron chi connectivity index (χ2n) is 5.11. The van der Waals surface area contributed by atoms with E-state index in [2.05, 4.69) is 22.4 Å². The number of aliphatic hydroxyl groups excluding tert-OH is 1. The highest BCUT2D eigenvalue weighted by Gasteiger charge is 2.30. The van der Waals surface area contributed by atoms with E-state index in [0.717, 1.165) is 46.5 Å². The molecule has 0 amide bonds. The number of nitrogens with zero attached hydrogens (tertiary/aromatic N) is 2. The van der Waals surface area contributed by atoms with Gasteiger partial charge in [-0.2, -0.15) is 10.2 Å². The quantitative estimate of drug-likeness (QED) is 0.741. The van der Waals surface area contributed by atoms with Crippen molar-refractivity contribution in [2.75, 3.05) is 0 Å². The van der Waals surface area contributed by atoms with E-state index in [9.17, 15) is 5.11 Å². The van der Waals surface area contributed by atoms with Crippen molar-refractivity contribution in [3.05, 3.63) is 28.1 Å². The Morgan fingerprint density at radius 2 is 2.22 bits per heavy atom. The van der Waals surface area contributed by atoms with Crippen LogP contribution in [0.4, 0.5) is 5.69 Å². The van der Waals surface area contributed by atoms with Crippen LogP contribution in [-0.2, 0) is 11.3 Å². The standard InChI is InChI=1S/C14H14N2O2/c17-12-2-1-3-13-14(12)10-5-11-8(6-15-16-11)4-9(10)7-18-13/h4-6,12-13,17H,1-3,7H2. The Hall–Kier alpha value is -1.52. The zero-order valence-corrected chi connectivity index (χ0v) is 9.97. The minimum Gasteiger partial charge on any atom is -0.389 e. The number of ether oxygens (including phenoxy) is 1. The Morgan fingerprint density at radius 3 is 3.17 bits per heavy atom. The molecule has 2 atom stereocenters. The summed E-state index contributed by atoms with van der Waals surface area (Å²) in [6.45, 7) is 0.622. The summed E-state index contributed by atoms with van der Waals surface area (Å²) < 4.78 is 5.87. The summed E-state index contributed by atoms with van der Waals surface area (Å²) in [7, 11) is 0. The van der Waals surface area contributed by atoms with Crippen molar-refractivity contribution in [3.63, 3.8) is 0 Å². The molecule has 1 saturated carbocycles. The van der Waals surface area contributed by atoms with Gasteiger partial charge in [-0.15, -0.1) is 0 Å². The number of benzene rings is 1. The van der Waals surface area contributed by atoms with Crippen molar-refractivity contribution < 1.29 is 9.84 Å². The number of aliphatic hydroxyl groups is 1. The first-order valence-corrected chi connectivity index (χ1v) is 6.41. The third-order valence-corrected chi connectivity index (χ3v) is 4.02. The van der Waals surface area contributed by atoms with Gasteiger partial charge in [-0.3, -0.25) is 0 Å². The molecule has 2 heterocycles. The lowest BCUT2D eigenvalue weighted by molar-refractivity contribution is 0.0365. The van der Waals surface area contributed by atoms with E-state index >= 15 is 0 Å². The van der Waals surface area contributed by atoms with E-state index < -0.39 is 0 Å². The zero-order valence-electron chi connectivity index (χ0n) is 9.97. The van der Waals surface area contributed by atoms with Crippen molar-refractivity contribution in [2.24, 2.45) is 10.2 Å². The van der Waals surface area contributed by atoms with Crippen LogP contribution in [0.2, 0.25) is 0 Å². The van der Waals surface area contributed by atoms with Gasteiger partial charge in [0.25, 0.3) is 0 Å². The predicted octanol–water partition coefficient (Wildman–Crippen LogP) is 1.12. The normalized spacial score (nSPS) is 28.4. The summed E-state index contributed by atoms with van der Waals surface area (Å²) in [6.07, 6.45) is 4.35. The predicted molar refractivity (Wildman–Crippen MR) is 66.5 cm³/mol. The number of rotatable bonds is 0. The van der Waals surface area contributed by atoms with Crippen LogP contribution in [0.5, 0.6) is 0 Å². The highest BCUT2D eigenvalue weighted by molar-refractivity contribution is 5.61.